The maximum atomic E-state index is 4.61. The van der Waals surface area contributed by atoms with Gasteiger partial charge in [-0.05, 0) is 12.5 Å². The van der Waals surface area contributed by atoms with E-state index in [9.17, 15) is 0 Å². The SMILES string of the molecule is C=C(/C=C\C)CNOC. The maximum absolute atomic E-state index is 4.61. The first-order chi connectivity index (χ1) is 4.31. The summed E-state index contributed by atoms with van der Waals surface area (Å²) in [6.45, 7) is 6.39. The van der Waals surface area contributed by atoms with Crippen LogP contribution in [0.1, 0.15) is 6.92 Å². The summed E-state index contributed by atoms with van der Waals surface area (Å²) in [5.74, 6) is 0. The Morgan fingerprint density at radius 1 is 1.78 bits per heavy atom. The lowest BCUT2D eigenvalue weighted by Gasteiger charge is -1.98. The maximum Gasteiger partial charge on any atom is 0.0572 e. The summed E-state index contributed by atoms with van der Waals surface area (Å²) >= 11 is 0. The van der Waals surface area contributed by atoms with Gasteiger partial charge in [0.25, 0.3) is 0 Å². The Bertz CT molecular complexity index is 107. The van der Waals surface area contributed by atoms with Crippen molar-refractivity contribution in [2.75, 3.05) is 13.7 Å². The lowest BCUT2D eigenvalue weighted by Crippen LogP contribution is -2.13. The van der Waals surface area contributed by atoms with Gasteiger partial charge in [0, 0.05) is 6.54 Å². The molecule has 0 aliphatic rings. The van der Waals surface area contributed by atoms with Crippen LogP contribution in [-0.2, 0) is 4.84 Å². The van der Waals surface area contributed by atoms with E-state index in [1.54, 1.807) is 7.11 Å². The predicted octanol–water partition coefficient (Wildman–Crippen LogP) is 1.27. The van der Waals surface area contributed by atoms with Crippen LogP contribution in [0.15, 0.2) is 24.3 Å². The van der Waals surface area contributed by atoms with E-state index in [-0.39, 0.29) is 0 Å². The van der Waals surface area contributed by atoms with Gasteiger partial charge in [-0.2, -0.15) is 5.48 Å². The molecule has 0 aliphatic heterocycles. The Kier molecular flexibility index (Phi) is 5.17. The third kappa shape index (κ3) is 5.27. The second-order valence-electron chi connectivity index (χ2n) is 1.68. The fourth-order valence-electron chi connectivity index (χ4n) is 0.459. The summed E-state index contributed by atoms with van der Waals surface area (Å²) < 4.78 is 0. The van der Waals surface area contributed by atoms with Crippen LogP contribution < -0.4 is 5.48 Å². The molecule has 9 heavy (non-hydrogen) atoms. The minimum Gasteiger partial charge on any atom is -0.305 e. The first-order valence-electron chi connectivity index (χ1n) is 2.87. The lowest BCUT2D eigenvalue weighted by atomic mass is 10.3. The van der Waals surface area contributed by atoms with E-state index in [4.69, 9.17) is 0 Å². The number of nitrogens with one attached hydrogen (secondary N) is 1. The molecule has 52 valence electrons. The second kappa shape index (κ2) is 5.54. The van der Waals surface area contributed by atoms with E-state index < -0.39 is 0 Å². The van der Waals surface area contributed by atoms with Crippen molar-refractivity contribution in [3.8, 4) is 0 Å². The van der Waals surface area contributed by atoms with Crippen molar-refractivity contribution in [3.63, 3.8) is 0 Å². The van der Waals surface area contributed by atoms with E-state index in [2.05, 4.69) is 16.9 Å². The number of hydrogen-bond donors (Lipinski definition) is 1. The molecule has 2 heteroatoms. The van der Waals surface area contributed by atoms with E-state index in [1.165, 1.54) is 0 Å². The monoisotopic (exact) mass is 127 g/mol. The number of rotatable bonds is 4. The van der Waals surface area contributed by atoms with Gasteiger partial charge >= 0.3 is 0 Å². The summed E-state index contributed by atoms with van der Waals surface area (Å²) in [6.07, 6.45) is 3.88. The number of hydrogen-bond acceptors (Lipinski definition) is 2. The average Bonchev–Trinajstić information content (AvgIpc) is 1.85. The molecule has 0 heterocycles. The molecule has 0 spiro atoms. The van der Waals surface area contributed by atoms with Crippen LogP contribution in [0.4, 0.5) is 0 Å². The summed E-state index contributed by atoms with van der Waals surface area (Å²) in [6, 6.07) is 0. The van der Waals surface area contributed by atoms with Gasteiger partial charge in [-0.15, -0.1) is 0 Å². The van der Waals surface area contributed by atoms with Crippen LogP contribution in [0.3, 0.4) is 0 Å². The first kappa shape index (κ1) is 8.40. The average molecular weight is 127 g/mol. The van der Waals surface area contributed by atoms with Crippen molar-refractivity contribution in [2.24, 2.45) is 0 Å². The van der Waals surface area contributed by atoms with Crippen molar-refractivity contribution in [1.82, 2.24) is 5.48 Å². The van der Waals surface area contributed by atoms with Gasteiger partial charge in [0.2, 0.25) is 0 Å². The smallest absolute Gasteiger partial charge is 0.0572 e. The van der Waals surface area contributed by atoms with E-state index in [0.29, 0.717) is 6.54 Å². The highest BCUT2D eigenvalue weighted by molar-refractivity contribution is 5.14. The zero-order chi connectivity index (χ0) is 7.11. The van der Waals surface area contributed by atoms with Gasteiger partial charge in [-0.25, -0.2) is 0 Å². The Hall–Kier alpha value is -0.600. The molecule has 0 saturated carbocycles. The van der Waals surface area contributed by atoms with Crippen LogP contribution in [0, 0.1) is 0 Å². The zero-order valence-corrected chi connectivity index (χ0v) is 5.98. The van der Waals surface area contributed by atoms with Gasteiger partial charge in [-0.1, -0.05) is 18.7 Å². The van der Waals surface area contributed by atoms with Gasteiger partial charge in [0.05, 0.1) is 7.11 Å². The van der Waals surface area contributed by atoms with Gasteiger partial charge < -0.3 is 4.84 Å². The molecular weight excluding hydrogens is 114 g/mol. The van der Waals surface area contributed by atoms with Crippen LogP contribution in [-0.4, -0.2) is 13.7 Å². The van der Waals surface area contributed by atoms with Crippen molar-refractivity contribution in [2.45, 2.75) is 6.92 Å². The standard InChI is InChI=1S/C7H13NO/c1-4-5-7(2)6-8-9-3/h4-5,8H,2,6H2,1,3H3/b5-4-. The van der Waals surface area contributed by atoms with E-state index in [1.807, 2.05) is 19.1 Å². The molecule has 0 radical (unpaired) electrons. The second-order valence-corrected chi connectivity index (χ2v) is 1.68. The fourth-order valence-corrected chi connectivity index (χ4v) is 0.459. The fraction of sp³-hybridized carbons (Fsp3) is 0.429. The van der Waals surface area contributed by atoms with Crippen molar-refractivity contribution >= 4 is 0 Å². The normalized spacial score (nSPS) is 10.4. The Balaban J connectivity index is 3.27. The van der Waals surface area contributed by atoms with Crippen molar-refractivity contribution < 1.29 is 4.84 Å². The molecule has 0 aromatic carbocycles. The molecule has 0 aromatic heterocycles. The van der Waals surface area contributed by atoms with Crippen molar-refractivity contribution in [1.29, 1.82) is 0 Å². The third-order valence-electron chi connectivity index (χ3n) is 0.846. The highest BCUT2D eigenvalue weighted by atomic mass is 16.6. The minimum absolute atomic E-state index is 0.681. The summed E-state index contributed by atoms with van der Waals surface area (Å²) in [4.78, 5) is 4.61. The van der Waals surface area contributed by atoms with Gasteiger partial charge in [0.15, 0.2) is 0 Å². The van der Waals surface area contributed by atoms with Gasteiger partial charge in [-0.3, -0.25) is 0 Å². The minimum atomic E-state index is 0.681. The van der Waals surface area contributed by atoms with E-state index in [0.717, 1.165) is 5.57 Å². The zero-order valence-electron chi connectivity index (χ0n) is 5.98. The molecule has 0 bridgehead atoms. The largest absolute Gasteiger partial charge is 0.305 e. The van der Waals surface area contributed by atoms with Crippen LogP contribution in [0.2, 0.25) is 0 Å². The molecule has 0 atom stereocenters. The number of hydroxylamine groups is 1. The highest BCUT2D eigenvalue weighted by Gasteiger charge is 1.83. The van der Waals surface area contributed by atoms with Crippen molar-refractivity contribution in [3.05, 3.63) is 24.3 Å². The molecule has 0 unspecified atom stereocenters. The molecule has 0 aliphatic carbocycles. The molecule has 0 aromatic rings. The Morgan fingerprint density at radius 2 is 2.44 bits per heavy atom. The Labute approximate surface area is 56.2 Å². The molecule has 0 saturated heterocycles. The third-order valence-corrected chi connectivity index (χ3v) is 0.846. The first-order valence-corrected chi connectivity index (χ1v) is 2.87. The molecule has 0 rings (SSSR count). The van der Waals surface area contributed by atoms with E-state index >= 15 is 0 Å². The van der Waals surface area contributed by atoms with Gasteiger partial charge in [0.1, 0.15) is 0 Å². The van der Waals surface area contributed by atoms with Crippen LogP contribution in [0.25, 0.3) is 0 Å². The van der Waals surface area contributed by atoms with Crippen LogP contribution >= 0.6 is 0 Å². The summed E-state index contributed by atoms with van der Waals surface area (Å²) in [5.41, 5.74) is 3.70. The summed E-state index contributed by atoms with van der Waals surface area (Å²) in [5, 5.41) is 0. The Morgan fingerprint density at radius 3 is 2.89 bits per heavy atom. The molecular formula is C7H13NO. The molecule has 0 amide bonds. The number of allylic oxidation sites excluding steroid dienone is 1. The van der Waals surface area contributed by atoms with Crippen LogP contribution in [0.5, 0.6) is 0 Å². The highest BCUT2D eigenvalue weighted by Crippen LogP contribution is 1.88. The molecule has 2 nitrogen and oxygen atoms in total. The predicted molar refractivity (Wildman–Crippen MR) is 39.0 cm³/mol. The molecule has 1 N–H and O–H groups in total. The summed E-state index contributed by atoms with van der Waals surface area (Å²) in [7, 11) is 1.59. The lowest BCUT2D eigenvalue weighted by molar-refractivity contribution is 0.0997. The quantitative estimate of drug-likeness (QED) is 0.453. The molecule has 0 fully saturated rings. The topological polar surface area (TPSA) is 21.3 Å².